The summed E-state index contributed by atoms with van der Waals surface area (Å²) < 4.78 is 0. The first-order valence-electron chi connectivity index (χ1n) is 11.1. The van der Waals surface area contributed by atoms with Gasteiger partial charge in [-0.25, -0.2) is 0 Å². The van der Waals surface area contributed by atoms with Gasteiger partial charge in [-0.3, -0.25) is 0 Å². The molecule has 0 amide bonds. The van der Waals surface area contributed by atoms with E-state index in [4.69, 9.17) is 0 Å². The van der Waals surface area contributed by atoms with E-state index in [1.807, 2.05) is 48.5 Å². The van der Waals surface area contributed by atoms with Gasteiger partial charge < -0.3 is 31.5 Å². The van der Waals surface area contributed by atoms with Crippen LogP contribution in [0, 0.1) is 0 Å². The van der Waals surface area contributed by atoms with Gasteiger partial charge in [0.1, 0.15) is 0 Å². The molecule has 3 aliphatic rings. The summed E-state index contributed by atoms with van der Waals surface area (Å²) in [4.78, 5) is 0. The maximum absolute atomic E-state index is 13.6. The first kappa shape index (κ1) is 18.1. The van der Waals surface area contributed by atoms with Crippen LogP contribution in [0.4, 0.5) is 22.7 Å². The van der Waals surface area contributed by atoms with E-state index in [-0.39, 0.29) is 0 Å². The van der Waals surface area contributed by atoms with Crippen molar-refractivity contribution in [2.75, 3.05) is 34.6 Å². The normalized spacial score (nSPS) is 25.3. The summed E-state index contributed by atoms with van der Waals surface area (Å²) in [7, 11) is 0. The molecule has 1 aliphatic carbocycles. The van der Waals surface area contributed by atoms with E-state index >= 15 is 0 Å². The Hall–Kier alpha value is -3.48. The number of benzene rings is 4. The molecule has 2 heterocycles. The average molecular weight is 422 g/mol. The fourth-order valence-corrected chi connectivity index (χ4v) is 5.86. The Morgan fingerprint density at radius 1 is 0.562 bits per heavy atom. The Kier molecular flexibility index (Phi) is 3.69. The summed E-state index contributed by atoms with van der Waals surface area (Å²) >= 11 is 0. The van der Waals surface area contributed by atoms with Crippen LogP contribution in [-0.2, 0) is 0 Å². The van der Waals surface area contributed by atoms with Crippen molar-refractivity contribution < 1.29 is 10.2 Å². The van der Waals surface area contributed by atoms with Crippen molar-refractivity contribution in [3.05, 3.63) is 71.8 Å². The lowest BCUT2D eigenvalue weighted by Crippen LogP contribution is -2.63. The van der Waals surface area contributed by atoms with E-state index in [2.05, 4.69) is 33.4 Å². The molecule has 160 valence electrons. The topological polar surface area (TPSA) is 94.2 Å². The third-order valence-corrected chi connectivity index (χ3v) is 7.38. The zero-order valence-corrected chi connectivity index (χ0v) is 17.3. The maximum atomic E-state index is 13.6. The van der Waals surface area contributed by atoms with E-state index in [1.165, 1.54) is 0 Å². The lowest BCUT2D eigenvalue weighted by molar-refractivity contribution is -0.535. The predicted octanol–water partition coefficient (Wildman–Crippen LogP) is 2.92. The molecule has 4 N–H and O–H groups in total. The van der Waals surface area contributed by atoms with Crippen molar-refractivity contribution in [1.82, 2.24) is 0 Å². The van der Waals surface area contributed by atoms with E-state index in [0.717, 1.165) is 55.4 Å². The fraction of sp³-hybridized carbons (Fsp3) is 0.231. The van der Waals surface area contributed by atoms with Crippen LogP contribution < -0.4 is 31.5 Å². The van der Waals surface area contributed by atoms with Crippen molar-refractivity contribution in [2.24, 2.45) is 0 Å². The molecule has 6 nitrogen and oxygen atoms in total. The molecule has 4 aromatic rings. The zero-order valence-electron chi connectivity index (χ0n) is 17.3. The lowest BCUT2D eigenvalue weighted by atomic mass is 9.62. The Balaban J connectivity index is 1.32. The summed E-state index contributed by atoms with van der Waals surface area (Å²) in [6, 6.07) is 20.2. The van der Waals surface area contributed by atoms with E-state index in [1.54, 1.807) is 0 Å². The Labute approximate surface area is 185 Å². The van der Waals surface area contributed by atoms with Crippen molar-refractivity contribution in [1.29, 1.82) is 0 Å². The summed E-state index contributed by atoms with van der Waals surface area (Å²) in [5.41, 5.74) is 5.67. The minimum Gasteiger partial charge on any atom is -0.851 e. The molecule has 0 atom stereocenters. The van der Waals surface area contributed by atoms with Crippen molar-refractivity contribution in [3.63, 3.8) is 0 Å². The summed E-state index contributed by atoms with van der Waals surface area (Å²) in [5, 5.41) is 45.0. The summed E-state index contributed by atoms with van der Waals surface area (Å²) in [6.45, 7) is 1.17. The molecule has 0 saturated heterocycles. The molecular formula is C26H22N4O2-2. The van der Waals surface area contributed by atoms with Crippen LogP contribution in [-0.4, -0.2) is 25.5 Å². The largest absolute Gasteiger partial charge is 0.851 e. The van der Waals surface area contributed by atoms with Crippen molar-refractivity contribution in [2.45, 2.75) is 24.0 Å². The second-order valence-corrected chi connectivity index (χ2v) is 8.91. The van der Waals surface area contributed by atoms with Gasteiger partial charge in [0, 0.05) is 33.5 Å². The van der Waals surface area contributed by atoms with E-state index in [0.29, 0.717) is 13.3 Å². The van der Waals surface area contributed by atoms with Crippen LogP contribution in [0.5, 0.6) is 0 Å². The second-order valence-electron chi connectivity index (χ2n) is 8.91. The number of anilines is 4. The zero-order chi connectivity index (χ0) is 21.4. The number of nitrogens with one attached hydrogen (secondary N) is 4. The number of hydrogen-bond donors (Lipinski definition) is 4. The summed E-state index contributed by atoms with van der Waals surface area (Å²) in [6.07, 6.45) is -1.96. The van der Waals surface area contributed by atoms with Crippen LogP contribution in [0.2, 0.25) is 0 Å². The van der Waals surface area contributed by atoms with E-state index < -0.39 is 24.0 Å². The van der Waals surface area contributed by atoms with Crippen LogP contribution in [0.15, 0.2) is 60.7 Å². The Morgan fingerprint density at radius 3 is 1.50 bits per heavy atom. The highest BCUT2D eigenvalue weighted by molar-refractivity contribution is 6.07. The highest BCUT2D eigenvalue weighted by Gasteiger charge is 2.41. The first-order chi connectivity index (χ1) is 15.7. The van der Waals surface area contributed by atoms with Gasteiger partial charge in [-0.05, 0) is 45.9 Å². The molecule has 0 aromatic heterocycles. The monoisotopic (exact) mass is 422 g/mol. The van der Waals surface area contributed by atoms with Gasteiger partial charge in [0.05, 0.1) is 13.3 Å². The van der Waals surface area contributed by atoms with Crippen molar-refractivity contribution >= 4 is 44.3 Å². The van der Waals surface area contributed by atoms with Crippen LogP contribution in [0.25, 0.3) is 21.5 Å². The highest BCUT2D eigenvalue weighted by atomic mass is 16.3. The first-order valence-corrected chi connectivity index (χ1v) is 11.1. The Bertz CT molecular complexity index is 1290. The van der Waals surface area contributed by atoms with Crippen molar-refractivity contribution in [3.8, 4) is 0 Å². The van der Waals surface area contributed by atoms with Crippen LogP contribution in [0.3, 0.4) is 0 Å². The highest BCUT2D eigenvalue weighted by Crippen LogP contribution is 2.52. The van der Waals surface area contributed by atoms with Crippen LogP contribution >= 0.6 is 0 Å². The van der Waals surface area contributed by atoms with Gasteiger partial charge in [0.25, 0.3) is 0 Å². The lowest BCUT2D eigenvalue weighted by Gasteiger charge is -2.62. The van der Waals surface area contributed by atoms with Gasteiger partial charge in [-0.15, -0.1) is 12.2 Å². The fourth-order valence-electron chi connectivity index (χ4n) is 5.86. The van der Waals surface area contributed by atoms with Gasteiger partial charge in [-0.1, -0.05) is 48.5 Å². The summed E-state index contributed by atoms with van der Waals surface area (Å²) in [5.74, 6) is -1.11. The van der Waals surface area contributed by atoms with E-state index in [9.17, 15) is 10.2 Å². The number of rotatable bonds is 2. The molecule has 7 rings (SSSR count). The SMILES string of the molecule is [O-]C1C(c2ccc3cccc4c3c2NCN4)C([O-])C1c1ccc2cccc3c2c1NCN3. The maximum Gasteiger partial charge on any atom is 0.0849 e. The minimum absolute atomic E-state index is 0.557. The standard InChI is InChI=1S/C26H22N4O2/c31-25-21(15-9-7-13-3-1-5-17-19(13)23(15)29-11-27-17)26(32)22(25)16-10-8-14-4-2-6-18-20(14)24(16)30-12-28-18/h1-10,21-22,25-30H,11-12H2/q-2. The molecule has 4 aromatic carbocycles. The third-order valence-electron chi connectivity index (χ3n) is 7.38. The Morgan fingerprint density at radius 2 is 1.03 bits per heavy atom. The molecule has 32 heavy (non-hydrogen) atoms. The number of hydrogen-bond acceptors (Lipinski definition) is 6. The van der Waals surface area contributed by atoms with Gasteiger partial charge in [0.2, 0.25) is 0 Å². The molecule has 0 radical (unpaired) electrons. The van der Waals surface area contributed by atoms with Gasteiger partial charge in [0.15, 0.2) is 0 Å². The molecule has 1 fully saturated rings. The molecule has 0 bridgehead atoms. The molecule has 1 saturated carbocycles. The average Bonchev–Trinajstić information content (AvgIpc) is 2.83. The molecular weight excluding hydrogens is 400 g/mol. The molecule has 0 unspecified atom stereocenters. The van der Waals surface area contributed by atoms with Crippen LogP contribution in [0.1, 0.15) is 23.0 Å². The van der Waals surface area contributed by atoms with Gasteiger partial charge in [-0.2, -0.15) is 0 Å². The second kappa shape index (κ2) is 6.51. The molecule has 0 spiro atoms. The van der Waals surface area contributed by atoms with Gasteiger partial charge >= 0.3 is 0 Å². The molecule has 6 heteroatoms. The smallest absolute Gasteiger partial charge is 0.0849 e. The quantitative estimate of drug-likeness (QED) is 0.397. The third kappa shape index (κ3) is 2.31. The predicted molar refractivity (Wildman–Crippen MR) is 125 cm³/mol. The molecule has 2 aliphatic heterocycles. The minimum atomic E-state index is -0.979.